The molecule has 0 amide bonds. The molecule has 0 aliphatic heterocycles. The van der Waals surface area contributed by atoms with Crippen LogP contribution in [0.25, 0.3) is 0 Å². The molecule has 0 bridgehead atoms. The number of phenolic OH excluding ortho intramolecular Hbond substituents is 1. The molecule has 1 aromatic rings. The minimum atomic E-state index is -0.876. The Morgan fingerprint density at radius 2 is 1.71 bits per heavy atom. The van der Waals surface area contributed by atoms with E-state index in [-0.39, 0.29) is 5.75 Å². The smallest absolute Gasteiger partial charge is 0.327 e. The number of halogens is 1. The largest absolute Gasteiger partial charge is 0.507 e. The standard InChI is InChI=1S/C30H39BrO4/c1-24(18-13-9-6-4-5-7-11-15-22-27(33)34)19-14-10-8-12-16-23-30(2,3)29(35)25-20-17-21-26(32)28(25)31/h10,13-18,20-24,29,32,35H,4-7,9,11,19H2,1-3H3,(H,33,34)/b14-10+,18-13+,22-15-,23-16+. The maximum Gasteiger partial charge on any atom is 0.327 e. The number of carbonyl (C=O) groups is 1. The van der Waals surface area contributed by atoms with Gasteiger partial charge in [0, 0.05) is 11.5 Å². The summed E-state index contributed by atoms with van der Waals surface area (Å²) in [6.07, 6.45) is 21.6. The predicted molar refractivity (Wildman–Crippen MR) is 148 cm³/mol. The normalized spacial score (nSPS) is 14.1. The number of hydrogen-bond acceptors (Lipinski definition) is 3. The summed E-state index contributed by atoms with van der Waals surface area (Å²) in [4.78, 5) is 10.4. The average Bonchev–Trinajstić information content (AvgIpc) is 2.80. The fourth-order valence-corrected chi connectivity index (χ4v) is 3.88. The highest BCUT2D eigenvalue weighted by molar-refractivity contribution is 9.10. The molecule has 5 heteroatoms. The maximum absolute atomic E-state index is 10.8. The third kappa shape index (κ3) is 13.2. The zero-order valence-corrected chi connectivity index (χ0v) is 22.7. The van der Waals surface area contributed by atoms with E-state index in [9.17, 15) is 15.0 Å². The van der Waals surface area contributed by atoms with E-state index in [2.05, 4.69) is 52.9 Å². The number of carboxylic acids is 1. The SMILES string of the molecule is CC(/C=C/CCCCCC/C=C\C(=O)O)C/C=C/C#C/C=C/C(C)(C)C(O)c1cccc(O)c1Br. The van der Waals surface area contributed by atoms with Crippen molar-refractivity contribution < 1.29 is 20.1 Å². The predicted octanol–water partition coefficient (Wildman–Crippen LogP) is 7.89. The summed E-state index contributed by atoms with van der Waals surface area (Å²) < 4.78 is 0.508. The molecule has 0 saturated carbocycles. The zero-order chi connectivity index (χ0) is 26.1. The van der Waals surface area contributed by atoms with Crippen LogP contribution in [0, 0.1) is 23.2 Å². The fraction of sp³-hybridized carbons (Fsp3) is 0.433. The van der Waals surface area contributed by atoms with Crippen molar-refractivity contribution in [2.24, 2.45) is 11.3 Å². The van der Waals surface area contributed by atoms with Gasteiger partial charge in [-0.1, -0.05) is 88.0 Å². The molecule has 0 saturated heterocycles. The molecule has 35 heavy (non-hydrogen) atoms. The van der Waals surface area contributed by atoms with Gasteiger partial charge in [-0.25, -0.2) is 4.79 Å². The van der Waals surface area contributed by atoms with E-state index >= 15 is 0 Å². The lowest BCUT2D eigenvalue weighted by molar-refractivity contribution is -0.131. The van der Waals surface area contributed by atoms with Gasteiger partial charge in [0.15, 0.2) is 0 Å². The van der Waals surface area contributed by atoms with E-state index in [1.54, 1.807) is 30.4 Å². The molecule has 1 aromatic carbocycles. The second-order valence-electron chi connectivity index (χ2n) is 9.30. The van der Waals surface area contributed by atoms with Crippen LogP contribution in [-0.2, 0) is 4.79 Å². The van der Waals surface area contributed by atoms with Gasteiger partial charge in [-0.15, -0.1) is 0 Å². The fourth-order valence-electron chi connectivity index (χ4n) is 3.40. The first-order valence-corrected chi connectivity index (χ1v) is 13.0. The number of allylic oxidation sites excluding steroid dienone is 6. The van der Waals surface area contributed by atoms with Gasteiger partial charge in [-0.2, -0.15) is 0 Å². The Bertz CT molecular complexity index is 960. The zero-order valence-electron chi connectivity index (χ0n) is 21.1. The molecule has 0 aliphatic rings. The number of benzene rings is 1. The number of aliphatic hydroxyl groups is 1. The van der Waals surface area contributed by atoms with Gasteiger partial charge in [0.2, 0.25) is 0 Å². The summed E-state index contributed by atoms with van der Waals surface area (Å²) in [6, 6.07) is 5.08. The lowest BCUT2D eigenvalue weighted by Crippen LogP contribution is -2.19. The summed E-state index contributed by atoms with van der Waals surface area (Å²) in [6.45, 7) is 6.04. The van der Waals surface area contributed by atoms with Crippen LogP contribution in [0.15, 0.2) is 71.3 Å². The van der Waals surface area contributed by atoms with Crippen molar-refractivity contribution in [3.05, 3.63) is 76.8 Å². The van der Waals surface area contributed by atoms with Gasteiger partial charge in [0.1, 0.15) is 5.75 Å². The van der Waals surface area contributed by atoms with Crippen LogP contribution < -0.4 is 0 Å². The molecule has 1 rings (SSSR count). The Morgan fingerprint density at radius 3 is 2.40 bits per heavy atom. The topological polar surface area (TPSA) is 77.8 Å². The molecular formula is C30H39BrO4. The van der Waals surface area contributed by atoms with E-state index in [0.717, 1.165) is 38.5 Å². The summed E-state index contributed by atoms with van der Waals surface area (Å²) in [5, 5.41) is 29.1. The third-order valence-electron chi connectivity index (χ3n) is 5.61. The molecule has 0 aromatic heterocycles. The van der Waals surface area contributed by atoms with Crippen LogP contribution >= 0.6 is 15.9 Å². The molecule has 0 heterocycles. The molecule has 190 valence electrons. The van der Waals surface area contributed by atoms with E-state index in [4.69, 9.17) is 5.11 Å². The monoisotopic (exact) mass is 542 g/mol. The van der Waals surface area contributed by atoms with Gasteiger partial charge in [0.05, 0.1) is 10.6 Å². The molecule has 0 spiro atoms. The second-order valence-corrected chi connectivity index (χ2v) is 10.1. The number of aliphatic carboxylic acids is 1. The van der Waals surface area contributed by atoms with E-state index in [1.807, 2.05) is 26.0 Å². The maximum atomic E-state index is 10.8. The molecular weight excluding hydrogens is 504 g/mol. The van der Waals surface area contributed by atoms with Gasteiger partial charge in [-0.3, -0.25) is 0 Å². The number of aliphatic hydroxyl groups excluding tert-OH is 1. The van der Waals surface area contributed by atoms with Crippen molar-refractivity contribution in [1.82, 2.24) is 0 Å². The number of aromatic hydroxyl groups is 1. The molecule has 0 aliphatic carbocycles. The number of unbranched alkanes of at least 4 members (excludes halogenated alkanes) is 5. The second kappa shape index (κ2) is 17.0. The third-order valence-corrected chi connectivity index (χ3v) is 6.48. The van der Waals surface area contributed by atoms with E-state index in [0.29, 0.717) is 16.0 Å². The Labute approximate surface area is 219 Å². The highest BCUT2D eigenvalue weighted by atomic mass is 79.9. The Hall–Kier alpha value is -2.55. The molecule has 4 nitrogen and oxygen atoms in total. The minimum Gasteiger partial charge on any atom is -0.507 e. The van der Waals surface area contributed by atoms with Crippen molar-refractivity contribution in [2.75, 3.05) is 0 Å². The Balaban J connectivity index is 2.31. The van der Waals surface area contributed by atoms with Crippen molar-refractivity contribution in [3.63, 3.8) is 0 Å². The van der Waals surface area contributed by atoms with Crippen molar-refractivity contribution >= 4 is 21.9 Å². The van der Waals surface area contributed by atoms with Crippen LogP contribution in [-0.4, -0.2) is 21.3 Å². The highest BCUT2D eigenvalue weighted by Gasteiger charge is 2.28. The van der Waals surface area contributed by atoms with Gasteiger partial charge in [0.25, 0.3) is 0 Å². The van der Waals surface area contributed by atoms with Crippen LogP contribution in [0.2, 0.25) is 0 Å². The molecule has 2 atom stereocenters. The average molecular weight is 544 g/mol. The highest BCUT2D eigenvalue weighted by Crippen LogP contribution is 2.40. The molecule has 0 radical (unpaired) electrons. The lowest BCUT2D eigenvalue weighted by Gasteiger charge is -2.28. The first-order chi connectivity index (χ1) is 16.6. The number of phenols is 1. The van der Waals surface area contributed by atoms with E-state index < -0.39 is 17.5 Å². The van der Waals surface area contributed by atoms with Crippen molar-refractivity contribution in [3.8, 4) is 17.6 Å². The van der Waals surface area contributed by atoms with Crippen molar-refractivity contribution in [1.29, 1.82) is 0 Å². The molecule has 3 N–H and O–H groups in total. The van der Waals surface area contributed by atoms with Gasteiger partial charge < -0.3 is 15.3 Å². The summed E-state index contributed by atoms with van der Waals surface area (Å²) in [5.41, 5.74) is 0.0887. The van der Waals surface area contributed by atoms with Crippen LogP contribution in [0.3, 0.4) is 0 Å². The summed E-state index contributed by atoms with van der Waals surface area (Å²) in [7, 11) is 0. The first-order valence-electron chi connectivity index (χ1n) is 12.2. The minimum absolute atomic E-state index is 0.106. The summed E-state index contributed by atoms with van der Waals surface area (Å²) >= 11 is 3.34. The first kappa shape index (κ1) is 30.5. The molecule has 2 unspecified atom stereocenters. The lowest BCUT2D eigenvalue weighted by atomic mass is 9.82. The van der Waals surface area contributed by atoms with Crippen LogP contribution in [0.5, 0.6) is 5.75 Å². The van der Waals surface area contributed by atoms with Crippen molar-refractivity contribution in [2.45, 2.75) is 71.8 Å². The number of rotatable bonds is 14. The summed E-state index contributed by atoms with van der Waals surface area (Å²) in [5.74, 6) is 5.70. The van der Waals surface area contributed by atoms with Gasteiger partial charge >= 0.3 is 5.97 Å². The van der Waals surface area contributed by atoms with Gasteiger partial charge in [-0.05, 0) is 77.7 Å². The Kier molecular flexibility index (Phi) is 14.8. The quantitative estimate of drug-likeness (QED) is 0.0965. The number of hydrogen-bond donors (Lipinski definition) is 3. The van der Waals surface area contributed by atoms with Crippen LogP contribution in [0.1, 0.15) is 77.4 Å². The molecule has 0 fully saturated rings. The number of carboxylic acid groups (broad SMARTS) is 1. The van der Waals surface area contributed by atoms with Crippen LogP contribution in [0.4, 0.5) is 0 Å². The Morgan fingerprint density at radius 1 is 1.06 bits per heavy atom. The van der Waals surface area contributed by atoms with E-state index in [1.165, 1.54) is 12.5 Å².